The monoisotopic (exact) mass is 345 g/mol. The lowest BCUT2D eigenvalue weighted by atomic mass is 10.2. The molecule has 2 aromatic carbocycles. The van der Waals surface area contributed by atoms with E-state index in [9.17, 15) is 13.2 Å². The summed E-state index contributed by atoms with van der Waals surface area (Å²) in [6.07, 6.45) is 1.53. The van der Waals surface area contributed by atoms with E-state index in [0.29, 0.717) is 16.7 Å². The second kappa shape index (κ2) is 6.34. The number of hydrogen-bond acceptors (Lipinski definition) is 4. The fourth-order valence-corrected chi connectivity index (χ4v) is 3.09. The minimum Gasteiger partial charge on any atom is -0.497 e. The van der Waals surface area contributed by atoms with Crippen LogP contribution >= 0.6 is 0 Å². The molecule has 24 heavy (non-hydrogen) atoms. The molecule has 0 fully saturated rings. The first kappa shape index (κ1) is 16.0. The van der Waals surface area contributed by atoms with Crippen LogP contribution in [0.4, 0.5) is 0 Å². The first-order valence-corrected chi connectivity index (χ1v) is 8.52. The fraction of sp³-hybridized carbons (Fsp3) is 0.0625. The van der Waals surface area contributed by atoms with Crippen LogP contribution in [0.25, 0.3) is 10.9 Å². The molecule has 0 unspecified atom stereocenters. The highest BCUT2D eigenvalue weighted by atomic mass is 32.2. The molecule has 0 saturated carbocycles. The van der Waals surface area contributed by atoms with Crippen LogP contribution in [0.1, 0.15) is 10.4 Å². The normalized spacial score (nSPS) is 11.4. The van der Waals surface area contributed by atoms with Gasteiger partial charge in [0.25, 0.3) is 15.9 Å². The minimum absolute atomic E-state index is 0.0162. The third kappa shape index (κ3) is 3.10. The van der Waals surface area contributed by atoms with Gasteiger partial charge in [0.2, 0.25) is 0 Å². The summed E-state index contributed by atoms with van der Waals surface area (Å²) in [5, 5.41) is 0.707. The van der Waals surface area contributed by atoms with Crippen molar-refractivity contribution in [1.82, 2.24) is 15.2 Å². The number of ether oxygens (including phenoxy) is 1. The molecule has 0 atom stereocenters. The SMILES string of the molecule is COc1ccc(S(=O)(=O)NNC(=O)c2c[nH]c3ccccc23)cc1. The molecular formula is C16H15N3O4S. The molecule has 0 aliphatic carbocycles. The van der Waals surface area contributed by atoms with Gasteiger partial charge in [-0.3, -0.25) is 10.2 Å². The summed E-state index contributed by atoms with van der Waals surface area (Å²) in [6, 6.07) is 13.1. The number of amides is 1. The van der Waals surface area contributed by atoms with Crippen LogP contribution in [0.2, 0.25) is 0 Å². The molecule has 0 saturated heterocycles. The van der Waals surface area contributed by atoms with E-state index in [-0.39, 0.29) is 4.90 Å². The Hall–Kier alpha value is -2.84. The Morgan fingerprint density at radius 3 is 2.50 bits per heavy atom. The van der Waals surface area contributed by atoms with Gasteiger partial charge < -0.3 is 9.72 Å². The molecule has 7 nitrogen and oxygen atoms in total. The Kier molecular flexibility index (Phi) is 4.24. The second-order valence-corrected chi connectivity index (χ2v) is 6.67. The Labute approximate surface area is 138 Å². The number of hydrogen-bond donors (Lipinski definition) is 3. The van der Waals surface area contributed by atoms with E-state index < -0.39 is 15.9 Å². The van der Waals surface area contributed by atoms with E-state index in [1.54, 1.807) is 12.1 Å². The predicted molar refractivity (Wildman–Crippen MR) is 89.1 cm³/mol. The zero-order valence-electron chi connectivity index (χ0n) is 12.7. The number of sulfonamides is 1. The number of carbonyl (C=O) groups excluding carboxylic acids is 1. The molecule has 3 N–H and O–H groups in total. The van der Waals surface area contributed by atoms with E-state index in [0.717, 1.165) is 5.52 Å². The van der Waals surface area contributed by atoms with E-state index in [2.05, 4.69) is 15.2 Å². The van der Waals surface area contributed by atoms with Gasteiger partial charge in [-0.25, -0.2) is 8.42 Å². The van der Waals surface area contributed by atoms with Crippen LogP contribution in [0.15, 0.2) is 59.6 Å². The summed E-state index contributed by atoms with van der Waals surface area (Å²) < 4.78 is 29.4. The molecule has 0 radical (unpaired) electrons. The highest BCUT2D eigenvalue weighted by molar-refractivity contribution is 7.89. The van der Waals surface area contributed by atoms with Gasteiger partial charge in [0.1, 0.15) is 5.75 Å². The Balaban J connectivity index is 1.75. The molecule has 3 rings (SSSR count). The lowest BCUT2D eigenvalue weighted by Crippen LogP contribution is -2.41. The molecule has 0 aliphatic heterocycles. The van der Waals surface area contributed by atoms with Crippen molar-refractivity contribution < 1.29 is 17.9 Å². The molecule has 1 heterocycles. The maximum atomic E-state index is 12.2. The van der Waals surface area contributed by atoms with Crippen molar-refractivity contribution >= 4 is 26.8 Å². The summed E-state index contributed by atoms with van der Waals surface area (Å²) >= 11 is 0. The third-order valence-corrected chi connectivity index (χ3v) is 4.77. The summed E-state index contributed by atoms with van der Waals surface area (Å²) in [4.78, 5) is 17.3. The number of aromatic nitrogens is 1. The standard InChI is InChI=1S/C16H15N3O4S/c1-23-11-6-8-12(9-7-11)24(21,22)19-18-16(20)14-10-17-15-5-3-2-4-13(14)15/h2-10,17,19H,1H3,(H,18,20). The van der Waals surface area contributed by atoms with Gasteiger partial charge in [-0.1, -0.05) is 18.2 Å². The Morgan fingerprint density at radius 1 is 1.08 bits per heavy atom. The number of fused-ring (bicyclic) bond motifs is 1. The number of hydrazine groups is 1. The molecule has 0 spiro atoms. The zero-order valence-corrected chi connectivity index (χ0v) is 13.6. The van der Waals surface area contributed by atoms with Gasteiger partial charge in [-0.2, -0.15) is 0 Å². The first-order valence-electron chi connectivity index (χ1n) is 7.03. The van der Waals surface area contributed by atoms with Gasteiger partial charge in [0, 0.05) is 17.1 Å². The van der Waals surface area contributed by atoms with Crippen molar-refractivity contribution in [2.45, 2.75) is 4.90 Å². The van der Waals surface area contributed by atoms with Gasteiger partial charge in [0.05, 0.1) is 17.6 Å². The predicted octanol–water partition coefficient (Wildman–Crippen LogP) is 1.80. The summed E-state index contributed by atoms with van der Waals surface area (Å²) in [7, 11) is -2.38. The summed E-state index contributed by atoms with van der Waals surface area (Å²) in [6.45, 7) is 0. The first-order chi connectivity index (χ1) is 11.5. The number of para-hydroxylation sites is 1. The zero-order chi connectivity index (χ0) is 17.2. The molecule has 1 aromatic heterocycles. The number of H-pyrrole nitrogens is 1. The highest BCUT2D eigenvalue weighted by Crippen LogP contribution is 2.18. The van der Waals surface area contributed by atoms with Crippen LogP contribution in [0.5, 0.6) is 5.75 Å². The molecule has 8 heteroatoms. The van der Waals surface area contributed by atoms with Crippen LogP contribution in [-0.2, 0) is 10.0 Å². The van der Waals surface area contributed by atoms with Crippen molar-refractivity contribution in [2.24, 2.45) is 0 Å². The number of nitrogens with one attached hydrogen (secondary N) is 3. The van der Waals surface area contributed by atoms with Crippen LogP contribution in [0, 0.1) is 0 Å². The van der Waals surface area contributed by atoms with Crippen molar-refractivity contribution in [3.63, 3.8) is 0 Å². The highest BCUT2D eigenvalue weighted by Gasteiger charge is 2.17. The van der Waals surface area contributed by atoms with Crippen molar-refractivity contribution in [1.29, 1.82) is 0 Å². The molecule has 124 valence electrons. The van der Waals surface area contributed by atoms with Gasteiger partial charge in [-0.15, -0.1) is 4.83 Å². The van der Waals surface area contributed by atoms with Crippen LogP contribution in [0.3, 0.4) is 0 Å². The minimum atomic E-state index is -3.87. The van der Waals surface area contributed by atoms with Gasteiger partial charge in [-0.05, 0) is 30.3 Å². The van der Waals surface area contributed by atoms with Crippen molar-refractivity contribution in [3.8, 4) is 5.75 Å². The van der Waals surface area contributed by atoms with Gasteiger partial charge >= 0.3 is 0 Å². The summed E-state index contributed by atoms with van der Waals surface area (Å²) in [5.74, 6) is -0.0127. The van der Waals surface area contributed by atoms with Crippen LogP contribution < -0.4 is 15.0 Å². The maximum absolute atomic E-state index is 12.2. The maximum Gasteiger partial charge on any atom is 0.268 e. The van der Waals surface area contributed by atoms with Gasteiger partial charge in [0.15, 0.2) is 0 Å². The van der Waals surface area contributed by atoms with E-state index in [1.807, 2.05) is 12.1 Å². The smallest absolute Gasteiger partial charge is 0.268 e. The molecule has 0 bridgehead atoms. The Bertz CT molecular complexity index is 978. The molecule has 1 amide bonds. The third-order valence-electron chi connectivity index (χ3n) is 3.50. The number of methoxy groups -OCH3 is 1. The second-order valence-electron chi connectivity index (χ2n) is 4.98. The van der Waals surface area contributed by atoms with E-state index >= 15 is 0 Å². The lowest BCUT2D eigenvalue weighted by Gasteiger charge is -2.08. The van der Waals surface area contributed by atoms with Crippen LogP contribution in [-0.4, -0.2) is 26.4 Å². The molecule has 3 aromatic rings. The average molecular weight is 345 g/mol. The number of benzene rings is 2. The fourth-order valence-electron chi connectivity index (χ4n) is 2.25. The average Bonchev–Trinajstić information content (AvgIpc) is 3.04. The molecular weight excluding hydrogens is 330 g/mol. The largest absolute Gasteiger partial charge is 0.497 e. The topological polar surface area (TPSA) is 100 Å². The van der Waals surface area contributed by atoms with E-state index in [1.165, 1.54) is 37.6 Å². The Morgan fingerprint density at radius 2 is 1.79 bits per heavy atom. The van der Waals surface area contributed by atoms with E-state index in [4.69, 9.17) is 4.74 Å². The number of rotatable bonds is 5. The number of aromatic amines is 1. The quantitative estimate of drug-likeness (QED) is 0.614. The summed E-state index contributed by atoms with van der Waals surface area (Å²) in [5.41, 5.74) is 3.36. The van der Waals surface area contributed by atoms with Crippen molar-refractivity contribution in [2.75, 3.05) is 7.11 Å². The lowest BCUT2D eigenvalue weighted by molar-refractivity contribution is 0.0947. The number of carbonyl (C=O) groups is 1. The molecule has 0 aliphatic rings. The van der Waals surface area contributed by atoms with Crippen molar-refractivity contribution in [3.05, 3.63) is 60.3 Å².